The van der Waals surface area contributed by atoms with Gasteiger partial charge in [0.1, 0.15) is 5.75 Å². The highest BCUT2D eigenvalue weighted by molar-refractivity contribution is 6.30. The van der Waals surface area contributed by atoms with Gasteiger partial charge in [-0.2, -0.15) is 13.2 Å². The molecule has 3 rings (SSSR count). The van der Waals surface area contributed by atoms with Crippen molar-refractivity contribution in [2.45, 2.75) is 44.2 Å². The van der Waals surface area contributed by atoms with Gasteiger partial charge < -0.3 is 4.74 Å². The summed E-state index contributed by atoms with van der Waals surface area (Å²) in [7, 11) is 0. The first-order valence-electron chi connectivity index (χ1n) is 8.58. The predicted molar refractivity (Wildman–Crippen MR) is 95.5 cm³/mol. The molecular formula is C19H17ClF3NO3. The summed E-state index contributed by atoms with van der Waals surface area (Å²) >= 11 is 6.10. The number of rotatable bonds is 4. The minimum atomic E-state index is -4.67. The third-order valence-electron chi connectivity index (χ3n) is 4.72. The van der Waals surface area contributed by atoms with E-state index in [-0.39, 0.29) is 11.7 Å². The predicted octanol–water partition coefficient (Wildman–Crippen LogP) is 7.11. The highest BCUT2D eigenvalue weighted by Crippen LogP contribution is 2.43. The Bertz CT molecular complexity index is 849. The topological polar surface area (TPSA) is 52.4 Å². The highest BCUT2D eigenvalue weighted by Gasteiger charge is 2.33. The molecule has 0 N–H and O–H groups in total. The quantitative estimate of drug-likeness (QED) is 0.406. The van der Waals surface area contributed by atoms with Crippen LogP contribution in [0.4, 0.5) is 18.9 Å². The van der Waals surface area contributed by atoms with E-state index >= 15 is 0 Å². The Morgan fingerprint density at radius 2 is 1.70 bits per heavy atom. The van der Waals surface area contributed by atoms with E-state index in [1.807, 2.05) is 0 Å². The van der Waals surface area contributed by atoms with Gasteiger partial charge in [-0.3, -0.25) is 10.1 Å². The van der Waals surface area contributed by atoms with E-state index in [0.29, 0.717) is 16.8 Å². The molecule has 0 spiro atoms. The first-order chi connectivity index (χ1) is 12.8. The van der Waals surface area contributed by atoms with Gasteiger partial charge >= 0.3 is 11.9 Å². The molecule has 1 fully saturated rings. The lowest BCUT2D eigenvalue weighted by molar-refractivity contribution is -0.385. The van der Waals surface area contributed by atoms with E-state index in [9.17, 15) is 23.3 Å². The summed E-state index contributed by atoms with van der Waals surface area (Å²) < 4.78 is 44.3. The zero-order valence-corrected chi connectivity index (χ0v) is 15.0. The lowest BCUT2D eigenvalue weighted by Gasteiger charge is -2.24. The molecule has 144 valence electrons. The van der Waals surface area contributed by atoms with Gasteiger partial charge in [-0.1, -0.05) is 30.9 Å². The summed E-state index contributed by atoms with van der Waals surface area (Å²) in [5.74, 6) is 0.363. The molecule has 0 amide bonds. The summed E-state index contributed by atoms with van der Waals surface area (Å²) in [4.78, 5) is 10.4. The molecule has 0 aliphatic heterocycles. The van der Waals surface area contributed by atoms with E-state index in [2.05, 4.69) is 0 Å². The zero-order chi connectivity index (χ0) is 19.6. The van der Waals surface area contributed by atoms with Crippen LogP contribution < -0.4 is 4.74 Å². The summed E-state index contributed by atoms with van der Waals surface area (Å²) in [6.45, 7) is 0. The van der Waals surface area contributed by atoms with Crippen LogP contribution in [-0.4, -0.2) is 4.92 Å². The molecule has 0 aromatic heterocycles. The molecule has 1 saturated carbocycles. The van der Waals surface area contributed by atoms with Crippen LogP contribution in [0.25, 0.3) is 0 Å². The lowest BCUT2D eigenvalue weighted by atomic mass is 9.84. The Balaban J connectivity index is 1.99. The van der Waals surface area contributed by atoms with E-state index in [0.717, 1.165) is 49.8 Å². The van der Waals surface area contributed by atoms with Crippen molar-refractivity contribution >= 4 is 17.3 Å². The fourth-order valence-corrected chi connectivity index (χ4v) is 3.57. The number of ether oxygens (including phenoxy) is 1. The largest absolute Gasteiger partial charge is 0.450 e. The fourth-order valence-electron chi connectivity index (χ4n) is 3.39. The van der Waals surface area contributed by atoms with Crippen molar-refractivity contribution in [3.8, 4) is 11.5 Å². The zero-order valence-electron chi connectivity index (χ0n) is 14.3. The molecule has 1 aliphatic carbocycles. The number of nitro benzene ring substituents is 1. The van der Waals surface area contributed by atoms with E-state index in [1.54, 1.807) is 18.2 Å². The summed E-state index contributed by atoms with van der Waals surface area (Å²) in [5.41, 5.74) is -0.990. The molecular weight excluding hydrogens is 383 g/mol. The van der Waals surface area contributed by atoms with Crippen molar-refractivity contribution in [1.29, 1.82) is 0 Å². The van der Waals surface area contributed by atoms with Crippen LogP contribution in [0.1, 0.15) is 49.1 Å². The first kappa shape index (κ1) is 19.5. The number of halogens is 4. The van der Waals surface area contributed by atoms with E-state index < -0.39 is 22.4 Å². The standard InChI is InChI=1S/C19H17ClF3NO3/c20-14-7-9-17(15(11-14)12-4-2-1-3-5-12)27-18-8-6-13(19(21,22)23)10-16(18)24(25)26/h6-12H,1-5H2. The molecule has 0 radical (unpaired) electrons. The van der Waals surface area contributed by atoms with Crippen LogP contribution in [0, 0.1) is 10.1 Å². The molecule has 0 unspecified atom stereocenters. The minimum Gasteiger partial charge on any atom is -0.450 e. The van der Waals surface area contributed by atoms with Gasteiger partial charge in [0, 0.05) is 11.1 Å². The van der Waals surface area contributed by atoms with Gasteiger partial charge in [0.15, 0.2) is 0 Å². The second-order valence-corrected chi connectivity index (χ2v) is 6.99. The van der Waals surface area contributed by atoms with Crippen molar-refractivity contribution in [1.82, 2.24) is 0 Å². The van der Waals surface area contributed by atoms with Crippen LogP contribution in [-0.2, 0) is 6.18 Å². The molecule has 0 bridgehead atoms. The SMILES string of the molecule is O=[N+]([O-])c1cc(C(F)(F)F)ccc1Oc1ccc(Cl)cc1C1CCCCC1. The van der Waals surface area contributed by atoms with E-state index in [1.165, 1.54) is 0 Å². The third kappa shape index (κ3) is 4.53. The number of hydrogen-bond donors (Lipinski definition) is 0. The molecule has 0 saturated heterocycles. The Labute approximate surface area is 159 Å². The second kappa shape index (κ2) is 7.76. The molecule has 8 heteroatoms. The van der Waals surface area contributed by atoms with Gasteiger partial charge in [0.05, 0.1) is 10.5 Å². The number of benzene rings is 2. The summed E-state index contributed by atoms with van der Waals surface area (Å²) in [6, 6.07) is 7.22. The molecule has 2 aromatic carbocycles. The lowest BCUT2D eigenvalue weighted by Crippen LogP contribution is -2.07. The number of hydrogen-bond acceptors (Lipinski definition) is 3. The van der Waals surface area contributed by atoms with Crippen LogP contribution in [0.15, 0.2) is 36.4 Å². The van der Waals surface area contributed by atoms with Crippen LogP contribution >= 0.6 is 11.6 Å². The number of nitro groups is 1. The van der Waals surface area contributed by atoms with Crippen LogP contribution in [0.2, 0.25) is 5.02 Å². The van der Waals surface area contributed by atoms with Gasteiger partial charge in [0.2, 0.25) is 5.75 Å². The van der Waals surface area contributed by atoms with Crippen molar-refractivity contribution in [2.24, 2.45) is 0 Å². The molecule has 0 atom stereocenters. The number of alkyl halides is 3. The number of nitrogens with zero attached hydrogens (tertiary/aromatic N) is 1. The maximum absolute atomic E-state index is 12.9. The molecule has 0 heterocycles. The first-order valence-corrected chi connectivity index (χ1v) is 8.96. The maximum atomic E-state index is 12.9. The Morgan fingerprint density at radius 1 is 1.04 bits per heavy atom. The summed E-state index contributed by atoms with van der Waals surface area (Å²) in [5, 5.41) is 11.8. The molecule has 2 aromatic rings. The normalized spacial score (nSPS) is 15.6. The smallest absolute Gasteiger partial charge is 0.416 e. The van der Waals surface area contributed by atoms with Crippen molar-refractivity contribution in [3.63, 3.8) is 0 Å². The second-order valence-electron chi connectivity index (χ2n) is 6.56. The van der Waals surface area contributed by atoms with Crippen LogP contribution in [0.3, 0.4) is 0 Å². The average molecular weight is 400 g/mol. The van der Waals surface area contributed by atoms with E-state index in [4.69, 9.17) is 16.3 Å². The molecule has 4 nitrogen and oxygen atoms in total. The van der Waals surface area contributed by atoms with Gasteiger partial charge in [0.25, 0.3) is 0 Å². The van der Waals surface area contributed by atoms with Gasteiger partial charge in [-0.05, 0) is 54.7 Å². The monoisotopic (exact) mass is 399 g/mol. The summed E-state index contributed by atoms with van der Waals surface area (Å²) in [6.07, 6.45) is 0.514. The van der Waals surface area contributed by atoms with Gasteiger partial charge in [-0.15, -0.1) is 0 Å². The average Bonchev–Trinajstić information content (AvgIpc) is 2.63. The van der Waals surface area contributed by atoms with Crippen molar-refractivity contribution in [2.75, 3.05) is 0 Å². The van der Waals surface area contributed by atoms with Crippen LogP contribution in [0.5, 0.6) is 11.5 Å². The Hall–Kier alpha value is -2.28. The minimum absolute atomic E-state index is 0.209. The van der Waals surface area contributed by atoms with Crippen molar-refractivity contribution < 1.29 is 22.8 Å². The van der Waals surface area contributed by atoms with Gasteiger partial charge in [-0.25, -0.2) is 0 Å². The highest BCUT2D eigenvalue weighted by atomic mass is 35.5. The molecule has 27 heavy (non-hydrogen) atoms. The fraction of sp³-hybridized carbons (Fsp3) is 0.368. The van der Waals surface area contributed by atoms with Crippen molar-refractivity contribution in [3.05, 3.63) is 62.7 Å². The molecule has 1 aliphatic rings. The maximum Gasteiger partial charge on any atom is 0.416 e. The third-order valence-corrected chi connectivity index (χ3v) is 4.95. The Morgan fingerprint density at radius 3 is 2.33 bits per heavy atom. The Kier molecular flexibility index (Phi) is 5.60.